The summed E-state index contributed by atoms with van der Waals surface area (Å²) in [6, 6.07) is 28.3. The van der Waals surface area contributed by atoms with E-state index in [-0.39, 0.29) is 5.91 Å². The number of nitrogens with zero attached hydrogens (tertiary/aromatic N) is 3. The summed E-state index contributed by atoms with van der Waals surface area (Å²) >= 11 is 0. The second-order valence-corrected chi connectivity index (χ2v) is 8.78. The first-order valence-electron chi connectivity index (χ1n) is 11.8. The Balaban J connectivity index is 1.39. The van der Waals surface area contributed by atoms with E-state index in [9.17, 15) is 18.0 Å². The Morgan fingerprint density at radius 3 is 2.24 bits per heavy atom. The number of halogens is 3. The SMILES string of the molecule is O=C(Nc1ccc(-n2nc(C(F)(F)F)cc2-c2ccc3c(ccc4ccccc43)c2)cc1)c1ccncc1. The molecule has 0 atom stereocenters. The molecule has 186 valence electrons. The van der Waals surface area contributed by atoms with E-state index in [4.69, 9.17) is 0 Å². The lowest BCUT2D eigenvalue weighted by atomic mass is 9.99. The highest BCUT2D eigenvalue weighted by molar-refractivity contribution is 6.08. The van der Waals surface area contributed by atoms with Gasteiger partial charge in [0.2, 0.25) is 0 Å². The maximum absolute atomic E-state index is 13.7. The molecule has 0 aliphatic rings. The number of carbonyl (C=O) groups excluding carboxylic acids is 1. The van der Waals surface area contributed by atoms with Crippen molar-refractivity contribution in [1.82, 2.24) is 14.8 Å². The number of hydrogen-bond acceptors (Lipinski definition) is 3. The fourth-order valence-electron chi connectivity index (χ4n) is 4.49. The molecule has 0 aliphatic heterocycles. The van der Waals surface area contributed by atoms with Crippen LogP contribution in [0.25, 0.3) is 38.5 Å². The van der Waals surface area contributed by atoms with Crippen molar-refractivity contribution in [2.45, 2.75) is 6.18 Å². The van der Waals surface area contributed by atoms with Gasteiger partial charge in [-0.15, -0.1) is 0 Å². The van der Waals surface area contributed by atoms with Crippen molar-refractivity contribution in [3.8, 4) is 16.9 Å². The average Bonchev–Trinajstić information content (AvgIpc) is 3.40. The summed E-state index contributed by atoms with van der Waals surface area (Å²) in [6.45, 7) is 0. The van der Waals surface area contributed by atoms with Crippen LogP contribution in [-0.2, 0) is 6.18 Å². The number of rotatable bonds is 4. The molecule has 0 saturated carbocycles. The van der Waals surface area contributed by atoms with E-state index >= 15 is 0 Å². The van der Waals surface area contributed by atoms with Gasteiger partial charge in [0.05, 0.1) is 11.4 Å². The molecule has 4 aromatic carbocycles. The molecule has 0 radical (unpaired) electrons. The number of fused-ring (bicyclic) bond motifs is 3. The standard InChI is InChI=1S/C30H19F3N4O/c31-30(32,33)28-18-27(22-7-12-26-21(17-22)6-5-19-3-1-2-4-25(19)26)37(36-28)24-10-8-23(9-11-24)35-29(38)20-13-15-34-16-14-20/h1-18H,(H,35,38). The zero-order valence-corrected chi connectivity index (χ0v) is 19.8. The minimum Gasteiger partial charge on any atom is -0.322 e. The molecular formula is C30H19F3N4O. The van der Waals surface area contributed by atoms with Crippen molar-refractivity contribution in [2.24, 2.45) is 0 Å². The number of carbonyl (C=O) groups is 1. The van der Waals surface area contributed by atoms with E-state index in [0.29, 0.717) is 28.2 Å². The van der Waals surface area contributed by atoms with Gasteiger partial charge in [0.1, 0.15) is 0 Å². The number of hydrogen-bond donors (Lipinski definition) is 1. The molecular weight excluding hydrogens is 489 g/mol. The first-order valence-corrected chi connectivity index (χ1v) is 11.8. The van der Waals surface area contributed by atoms with Gasteiger partial charge in [-0.25, -0.2) is 4.68 Å². The Bertz CT molecular complexity index is 1790. The summed E-state index contributed by atoms with van der Waals surface area (Å²) in [5.41, 5.74) is 1.29. The molecule has 5 nitrogen and oxygen atoms in total. The zero-order valence-electron chi connectivity index (χ0n) is 19.8. The van der Waals surface area contributed by atoms with Gasteiger partial charge in [0.25, 0.3) is 5.91 Å². The molecule has 0 unspecified atom stereocenters. The largest absolute Gasteiger partial charge is 0.435 e. The monoisotopic (exact) mass is 508 g/mol. The van der Waals surface area contributed by atoms with Crippen LogP contribution in [0.3, 0.4) is 0 Å². The van der Waals surface area contributed by atoms with Gasteiger partial charge in [-0.3, -0.25) is 9.78 Å². The highest BCUT2D eigenvalue weighted by Gasteiger charge is 2.35. The molecule has 2 aromatic heterocycles. The molecule has 2 heterocycles. The lowest BCUT2D eigenvalue weighted by molar-refractivity contribution is -0.141. The molecule has 0 bridgehead atoms. The Labute approximate surface area is 215 Å². The fraction of sp³-hybridized carbons (Fsp3) is 0.0333. The third-order valence-corrected chi connectivity index (χ3v) is 6.35. The lowest BCUT2D eigenvalue weighted by Gasteiger charge is -2.11. The van der Waals surface area contributed by atoms with Crippen LogP contribution in [-0.4, -0.2) is 20.7 Å². The molecule has 8 heteroatoms. The maximum Gasteiger partial charge on any atom is 0.435 e. The zero-order chi connectivity index (χ0) is 26.3. The summed E-state index contributed by atoms with van der Waals surface area (Å²) < 4.78 is 42.3. The van der Waals surface area contributed by atoms with E-state index in [1.54, 1.807) is 36.4 Å². The second-order valence-electron chi connectivity index (χ2n) is 8.78. The molecule has 0 fully saturated rings. The van der Waals surface area contributed by atoms with Gasteiger partial charge in [-0.05, 0) is 70.1 Å². The van der Waals surface area contributed by atoms with Gasteiger partial charge in [-0.2, -0.15) is 18.3 Å². The van der Waals surface area contributed by atoms with Gasteiger partial charge >= 0.3 is 6.18 Å². The Kier molecular flexibility index (Phi) is 5.64. The second kappa shape index (κ2) is 9.15. The number of anilines is 1. The van der Waals surface area contributed by atoms with Crippen LogP contribution in [0.15, 0.2) is 109 Å². The van der Waals surface area contributed by atoms with Crippen LogP contribution in [0.2, 0.25) is 0 Å². The minimum atomic E-state index is -4.61. The van der Waals surface area contributed by atoms with Crippen LogP contribution in [0, 0.1) is 0 Å². The Morgan fingerprint density at radius 1 is 0.763 bits per heavy atom. The normalized spacial score (nSPS) is 11.7. The molecule has 6 rings (SSSR count). The van der Waals surface area contributed by atoms with Gasteiger partial charge in [-0.1, -0.05) is 48.5 Å². The molecule has 1 N–H and O–H groups in total. The third kappa shape index (κ3) is 4.37. The summed E-state index contributed by atoms with van der Waals surface area (Å²) in [5.74, 6) is -0.317. The maximum atomic E-state index is 13.7. The van der Waals surface area contributed by atoms with E-state index in [1.165, 1.54) is 17.1 Å². The summed E-state index contributed by atoms with van der Waals surface area (Å²) in [6.07, 6.45) is -1.57. The van der Waals surface area contributed by atoms with Crippen LogP contribution < -0.4 is 5.32 Å². The number of pyridine rings is 1. The van der Waals surface area contributed by atoms with Crippen LogP contribution in [0.1, 0.15) is 16.1 Å². The van der Waals surface area contributed by atoms with Crippen molar-refractivity contribution < 1.29 is 18.0 Å². The van der Waals surface area contributed by atoms with Crippen LogP contribution in [0.5, 0.6) is 0 Å². The predicted molar refractivity (Wildman–Crippen MR) is 141 cm³/mol. The quantitative estimate of drug-likeness (QED) is 0.251. The highest BCUT2D eigenvalue weighted by atomic mass is 19.4. The summed E-state index contributed by atoms with van der Waals surface area (Å²) in [4.78, 5) is 16.3. The fourth-order valence-corrected chi connectivity index (χ4v) is 4.49. The summed E-state index contributed by atoms with van der Waals surface area (Å²) in [5, 5.41) is 10.8. The third-order valence-electron chi connectivity index (χ3n) is 6.35. The molecule has 6 aromatic rings. The average molecular weight is 509 g/mol. The predicted octanol–water partition coefficient (Wildman–Crippen LogP) is 7.51. The first-order chi connectivity index (χ1) is 18.4. The van der Waals surface area contributed by atoms with Crippen molar-refractivity contribution in [3.63, 3.8) is 0 Å². The minimum absolute atomic E-state index is 0.306. The Hall–Kier alpha value is -4.98. The highest BCUT2D eigenvalue weighted by Crippen LogP contribution is 2.35. The van der Waals surface area contributed by atoms with E-state index < -0.39 is 11.9 Å². The van der Waals surface area contributed by atoms with Crippen molar-refractivity contribution in [1.29, 1.82) is 0 Å². The van der Waals surface area contributed by atoms with Gasteiger partial charge in [0.15, 0.2) is 5.69 Å². The Morgan fingerprint density at radius 2 is 1.47 bits per heavy atom. The molecule has 38 heavy (non-hydrogen) atoms. The van der Waals surface area contributed by atoms with E-state index in [1.807, 2.05) is 54.6 Å². The number of benzene rings is 4. The van der Waals surface area contributed by atoms with Crippen LogP contribution >= 0.6 is 0 Å². The number of alkyl halides is 3. The lowest BCUT2D eigenvalue weighted by Crippen LogP contribution is -2.12. The molecule has 1 amide bonds. The van der Waals surface area contributed by atoms with Crippen molar-refractivity contribution >= 4 is 33.1 Å². The number of nitrogens with one attached hydrogen (secondary N) is 1. The van der Waals surface area contributed by atoms with Gasteiger partial charge in [0, 0.05) is 29.2 Å². The molecule has 0 aliphatic carbocycles. The topological polar surface area (TPSA) is 59.8 Å². The smallest absolute Gasteiger partial charge is 0.322 e. The van der Waals surface area contributed by atoms with E-state index in [2.05, 4.69) is 15.4 Å². The molecule has 0 spiro atoms. The first kappa shape index (κ1) is 23.4. The van der Waals surface area contributed by atoms with Crippen LogP contribution in [0.4, 0.5) is 18.9 Å². The van der Waals surface area contributed by atoms with Gasteiger partial charge < -0.3 is 5.32 Å². The number of amides is 1. The summed E-state index contributed by atoms with van der Waals surface area (Å²) in [7, 11) is 0. The van der Waals surface area contributed by atoms with Crippen molar-refractivity contribution in [2.75, 3.05) is 5.32 Å². The van der Waals surface area contributed by atoms with E-state index in [0.717, 1.165) is 27.6 Å². The molecule has 0 saturated heterocycles. The number of aromatic nitrogens is 3. The van der Waals surface area contributed by atoms with Crippen molar-refractivity contribution in [3.05, 3.63) is 121 Å².